The lowest BCUT2D eigenvalue weighted by molar-refractivity contribution is 0.0377. The second-order valence-electron chi connectivity index (χ2n) is 6.97. The summed E-state index contributed by atoms with van der Waals surface area (Å²) < 4.78 is 45.8. The van der Waals surface area contributed by atoms with Gasteiger partial charge in [-0.05, 0) is 56.3 Å². The molecule has 3 rings (SSSR count). The zero-order valence-corrected chi connectivity index (χ0v) is 17.7. The number of rotatable bonds is 5. The molecular weight excluding hydrogens is 419 g/mol. The minimum atomic E-state index is -3.88. The van der Waals surface area contributed by atoms with Crippen LogP contribution in [0.25, 0.3) is 0 Å². The van der Waals surface area contributed by atoms with Crippen LogP contribution in [0.4, 0.5) is 10.1 Å². The van der Waals surface area contributed by atoms with Crippen molar-refractivity contribution in [3.63, 3.8) is 0 Å². The quantitative estimate of drug-likeness (QED) is 0.665. The van der Waals surface area contributed by atoms with Crippen LogP contribution in [-0.4, -0.2) is 51.0 Å². The first-order chi connectivity index (χ1) is 13.7. The number of esters is 1. The van der Waals surface area contributed by atoms with Crippen LogP contribution in [-0.2, 0) is 14.8 Å². The third-order valence-electron chi connectivity index (χ3n) is 4.56. The number of ether oxygens (including phenoxy) is 1. The molecule has 0 radical (unpaired) electrons. The maximum absolute atomic E-state index is 13.1. The first-order valence-corrected chi connectivity index (χ1v) is 11.0. The molecule has 0 aromatic heterocycles. The van der Waals surface area contributed by atoms with Crippen LogP contribution in [0.15, 0.2) is 47.4 Å². The number of sulfonamides is 1. The number of carbonyl (C=O) groups is 1. The molecule has 0 aliphatic carbocycles. The smallest absolute Gasteiger partial charge is 0.338 e. The molecule has 0 unspecified atom stereocenters. The van der Waals surface area contributed by atoms with Crippen LogP contribution in [0.5, 0.6) is 0 Å². The topological polar surface area (TPSA) is 66.9 Å². The van der Waals surface area contributed by atoms with Gasteiger partial charge in [-0.25, -0.2) is 17.6 Å². The van der Waals surface area contributed by atoms with Crippen LogP contribution in [0.1, 0.15) is 24.2 Å². The first-order valence-electron chi connectivity index (χ1n) is 9.19. The van der Waals surface area contributed by atoms with E-state index >= 15 is 0 Å². The second-order valence-corrected chi connectivity index (χ2v) is 9.28. The molecule has 1 aliphatic heterocycles. The van der Waals surface area contributed by atoms with E-state index in [9.17, 15) is 17.6 Å². The maximum Gasteiger partial charge on any atom is 0.338 e. The molecule has 2 aromatic rings. The van der Waals surface area contributed by atoms with Crippen molar-refractivity contribution in [1.29, 1.82) is 0 Å². The Morgan fingerprint density at radius 3 is 2.28 bits per heavy atom. The standard InChI is InChI=1S/C20H22ClFN2O4S/c1-14(2)28-20(25)15-3-8-18(21)19(13-15)29(26,27)24-11-9-23(10-12-24)17-6-4-16(22)5-7-17/h3-8,13-14H,9-12H2,1-2H3. The summed E-state index contributed by atoms with van der Waals surface area (Å²) in [7, 11) is -3.88. The van der Waals surface area contributed by atoms with Gasteiger partial charge >= 0.3 is 5.97 Å². The predicted molar refractivity (Wildman–Crippen MR) is 109 cm³/mol. The molecule has 1 saturated heterocycles. The molecule has 1 heterocycles. The zero-order valence-electron chi connectivity index (χ0n) is 16.1. The Kier molecular flexibility index (Phi) is 6.45. The van der Waals surface area contributed by atoms with Gasteiger partial charge in [-0.3, -0.25) is 0 Å². The minimum absolute atomic E-state index is 0.0482. The Morgan fingerprint density at radius 1 is 1.07 bits per heavy atom. The Balaban J connectivity index is 1.77. The molecule has 156 valence electrons. The third-order valence-corrected chi connectivity index (χ3v) is 6.94. The highest BCUT2D eigenvalue weighted by molar-refractivity contribution is 7.89. The van der Waals surface area contributed by atoms with E-state index in [1.54, 1.807) is 26.0 Å². The van der Waals surface area contributed by atoms with Gasteiger partial charge in [0.25, 0.3) is 0 Å². The fourth-order valence-electron chi connectivity index (χ4n) is 3.09. The number of carbonyl (C=O) groups excluding carboxylic acids is 1. The van der Waals surface area contributed by atoms with Crippen molar-refractivity contribution >= 4 is 33.3 Å². The summed E-state index contributed by atoms with van der Waals surface area (Å²) in [6.07, 6.45) is -0.322. The van der Waals surface area contributed by atoms with E-state index in [4.69, 9.17) is 16.3 Å². The lowest BCUT2D eigenvalue weighted by Gasteiger charge is -2.35. The van der Waals surface area contributed by atoms with Gasteiger partial charge in [-0.2, -0.15) is 4.31 Å². The van der Waals surface area contributed by atoms with Gasteiger partial charge in [0, 0.05) is 31.9 Å². The molecule has 0 saturated carbocycles. The maximum atomic E-state index is 13.1. The summed E-state index contributed by atoms with van der Waals surface area (Å²) >= 11 is 6.15. The van der Waals surface area contributed by atoms with Gasteiger partial charge in [0.05, 0.1) is 16.7 Å². The molecule has 0 atom stereocenters. The summed E-state index contributed by atoms with van der Waals surface area (Å²) in [5, 5.41) is 0.0482. The highest BCUT2D eigenvalue weighted by atomic mass is 35.5. The fourth-order valence-corrected chi connectivity index (χ4v) is 5.01. The Hall–Kier alpha value is -2.16. The van der Waals surface area contributed by atoms with Crippen molar-refractivity contribution in [3.8, 4) is 0 Å². The molecule has 1 aliphatic rings. The van der Waals surface area contributed by atoms with Gasteiger partial charge < -0.3 is 9.64 Å². The minimum Gasteiger partial charge on any atom is -0.459 e. The number of piperazine rings is 1. The number of halogens is 2. The highest BCUT2D eigenvalue weighted by Crippen LogP contribution is 2.28. The molecule has 29 heavy (non-hydrogen) atoms. The average Bonchev–Trinajstić information content (AvgIpc) is 2.68. The average molecular weight is 441 g/mol. The number of hydrogen-bond acceptors (Lipinski definition) is 5. The van der Waals surface area contributed by atoms with Crippen molar-refractivity contribution in [2.75, 3.05) is 31.1 Å². The lowest BCUT2D eigenvalue weighted by atomic mass is 10.2. The third kappa shape index (κ3) is 4.88. The second kappa shape index (κ2) is 8.69. The van der Waals surface area contributed by atoms with Crippen molar-refractivity contribution < 1.29 is 22.3 Å². The van der Waals surface area contributed by atoms with E-state index in [1.165, 1.54) is 34.6 Å². The zero-order chi connectivity index (χ0) is 21.2. The Labute approximate surface area is 174 Å². The Morgan fingerprint density at radius 2 is 1.69 bits per heavy atom. The van der Waals surface area contributed by atoms with Gasteiger partial charge in [0.1, 0.15) is 10.7 Å². The summed E-state index contributed by atoms with van der Waals surface area (Å²) in [5.74, 6) is -0.922. The molecule has 6 nitrogen and oxygen atoms in total. The summed E-state index contributed by atoms with van der Waals surface area (Å²) in [4.78, 5) is 14.0. The van der Waals surface area contributed by atoms with Gasteiger partial charge in [-0.15, -0.1) is 0 Å². The first kappa shape index (κ1) is 21.5. The summed E-state index contributed by atoms with van der Waals surface area (Å²) in [5.41, 5.74) is 0.964. The monoisotopic (exact) mass is 440 g/mol. The molecular formula is C20H22ClFN2O4S. The van der Waals surface area contributed by atoms with Crippen molar-refractivity contribution in [3.05, 3.63) is 58.9 Å². The molecule has 1 fully saturated rings. The summed E-state index contributed by atoms with van der Waals surface area (Å²) in [6, 6.07) is 10.2. The molecule has 0 spiro atoms. The van der Waals surface area contributed by atoms with Crippen LogP contribution in [0, 0.1) is 5.82 Å². The summed E-state index contributed by atoms with van der Waals surface area (Å²) in [6.45, 7) is 4.83. The number of hydrogen-bond donors (Lipinski definition) is 0. The highest BCUT2D eigenvalue weighted by Gasteiger charge is 2.31. The van der Waals surface area contributed by atoms with E-state index in [0.717, 1.165) is 5.69 Å². The van der Waals surface area contributed by atoms with E-state index in [0.29, 0.717) is 13.1 Å². The van der Waals surface area contributed by atoms with Crippen LogP contribution in [0.2, 0.25) is 5.02 Å². The number of benzene rings is 2. The van der Waals surface area contributed by atoms with Crippen molar-refractivity contribution in [1.82, 2.24) is 4.31 Å². The van der Waals surface area contributed by atoms with E-state index in [-0.39, 0.29) is 40.5 Å². The van der Waals surface area contributed by atoms with Gasteiger partial charge in [-0.1, -0.05) is 11.6 Å². The normalized spacial score (nSPS) is 15.6. The Bertz CT molecular complexity index is 988. The molecule has 9 heteroatoms. The SMILES string of the molecule is CC(C)OC(=O)c1ccc(Cl)c(S(=O)(=O)N2CCN(c3ccc(F)cc3)CC2)c1. The van der Waals surface area contributed by atoms with E-state index < -0.39 is 16.0 Å². The van der Waals surface area contributed by atoms with Gasteiger partial charge in [0.15, 0.2) is 0 Å². The van der Waals surface area contributed by atoms with Crippen molar-refractivity contribution in [2.45, 2.75) is 24.8 Å². The van der Waals surface area contributed by atoms with E-state index in [1.807, 2.05) is 4.90 Å². The van der Waals surface area contributed by atoms with Crippen LogP contribution in [0.3, 0.4) is 0 Å². The molecule has 2 aromatic carbocycles. The molecule has 0 amide bonds. The number of anilines is 1. The van der Waals surface area contributed by atoms with Crippen molar-refractivity contribution in [2.24, 2.45) is 0 Å². The fraction of sp³-hybridized carbons (Fsp3) is 0.350. The van der Waals surface area contributed by atoms with E-state index in [2.05, 4.69) is 0 Å². The largest absolute Gasteiger partial charge is 0.459 e. The van der Waals surface area contributed by atoms with Crippen LogP contribution < -0.4 is 4.90 Å². The molecule has 0 bridgehead atoms. The van der Waals surface area contributed by atoms with Gasteiger partial charge in [0.2, 0.25) is 10.0 Å². The molecule has 0 N–H and O–H groups in total. The predicted octanol–water partition coefficient (Wildman–Crippen LogP) is 3.56. The lowest BCUT2D eigenvalue weighted by Crippen LogP contribution is -2.48. The number of nitrogens with zero attached hydrogens (tertiary/aromatic N) is 2. The van der Waals surface area contributed by atoms with Crippen LogP contribution >= 0.6 is 11.6 Å².